The number of methoxy groups -OCH3 is 1. The molecule has 0 spiro atoms. The number of hydrogen-bond donors (Lipinski definition) is 0. The van der Waals surface area contributed by atoms with Crippen molar-refractivity contribution in [2.24, 2.45) is 0 Å². The zero-order chi connectivity index (χ0) is 20.0. The van der Waals surface area contributed by atoms with Crippen molar-refractivity contribution in [1.29, 1.82) is 0 Å². The highest BCUT2D eigenvalue weighted by atomic mass is 32.2. The van der Waals surface area contributed by atoms with Gasteiger partial charge in [-0.3, -0.25) is 9.36 Å². The van der Waals surface area contributed by atoms with Crippen LogP contribution >= 0.6 is 20.2 Å². The van der Waals surface area contributed by atoms with E-state index < -0.39 is 8.46 Å². The van der Waals surface area contributed by atoms with Gasteiger partial charge in [-0.25, -0.2) is 4.79 Å². The molecule has 0 bridgehead atoms. The van der Waals surface area contributed by atoms with E-state index in [4.69, 9.17) is 14.2 Å². The van der Waals surface area contributed by atoms with Crippen LogP contribution in [0.2, 0.25) is 0 Å². The van der Waals surface area contributed by atoms with Crippen molar-refractivity contribution < 1.29 is 28.4 Å². The van der Waals surface area contributed by atoms with Crippen molar-refractivity contribution in [3.8, 4) is 11.5 Å². The highest BCUT2D eigenvalue weighted by Gasteiger charge is 2.33. The van der Waals surface area contributed by atoms with Gasteiger partial charge in [0.1, 0.15) is 29.6 Å². The summed E-state index contributed by atoms with van der Waals surface area (Å²) in [4.78, 5) is 23.5. The third-order valence-corrected chi connectivity index (χ3v) is 5.22. The van der Waals surface area contributed by atoms with Gasteiger partial charge in [0.05, 0.1) is 7.11 Å². The maximum absolute atomic E-state index is 12.3. The summed E-state index contributed by atoms with van der Waals surface area (Å²) in [5.41, 5.74) is 3.61. The number of carbonyl (C=O) groups excluding carboxylic acids is 2. The molecule has 0 saturated heterocycles. The summed E-state index contributed by atoms with van der Waals surface area (Å²) in [6.45, 7) is 4.04. The molecule has 146 valence electrons. The Kier molecular flexibility index (Phi) is 7.87. The minimum absolute atomic E-state index is 0.220. The van der Waals surface area contributed by atoms with Crippen molar-refractivity contribution in [1.82, 2.24) is 0 Å². The smallest absolute Gasteiger partial charge is 0.342 e. The molecular weight excluding hydrogens is 387 g/mol. The number of rotatable bonds is 10. The van der Waals surface area contributed by atoms with Gasteiger partial charge in [0.25, 0.3) is 0 Å². The van der Waals surface area contributed by atoms with E-state index in [2.05, 4.69) is 0 Å². The molecular formula is C19H23O6PS. The monoisotopic (exact) mass is 410 g/mol. The van der Waals surface area contributed by atoms with Crippen LogP contribution in [0.3, 0.4) is 0 Å². The SMILES string of the molecule is COc1c(C)c2c(c(OCSC)c1C/C=C(\C)CCC(=O)P=O)C(=O)OC2. The number of carbonyl (C=O) groups is 2. The van der Waals surface area contributed by atoms with E-state index >= 15 is 0 Å². The average Bonchev–Trinajstić information content (AvgIpc) is 3.05. The molecule has 8 heteroatoms. The summed E-state index contributed by atoms with van der Waals surface area (Å²) in [5.74, 6) is 1.20. The Balaban J connectivity index is 2.42. The predicted octanol–water partition coefficient (Wildman–Crippen LogP) is 4.46. The first-order chi connectivity index (χ1) is 12.9. The lowest BCUT2D eigenvalue weighted by atomic mass is 9.94. The molecule has 1 aliphatic rings. The van der Waals surface area contributed by atoms with E-state index in [0.29, 0.717) is 35.8 Å². The third-order valence-electron chi connectivity index (χ3n) is 4.44. The first kappa shape index (κ1) is 21.5. The van der Waals surface area contributed by atoms with E-state index in [1.807, 2.05) is 26.2 Å². The molecule has 0 radical (unpaired) electrons. The molecule has 1 aromatic carbocycles. The molecule has 0 aromatic heterocycles. The fraction of sp³-hybridized carbons (Fsp3) is 0.474. The highest BCUT2D eigenvalue weighted by molar-refractivity contribution is 7.98. The molecule has 0 saturated carbocycles. The van der Waals surface area contributed by atoms with Crippen LogP contribution in [0.15, 0.2) is 11.6 Å². The van der Waals surface area contributed by atoms with E-state index in [1.165, 1.54) is 11.8 Å². The van der Waals surface area contributed by atoms with Crippen LogP contribution in [0.25, 0.3) is 0 Å². The van der Waals surface area contributed by atoms with Gasteiger partial charge in [0.2, 0.25) is 14.0 Å². The highest BCUT2D eigenvalue weighted by Crippen LogP contribution is 2.43. The Bertz CT molecular complexity index is 787. The molecule has 0 atom stereocenters. The summed E-state index contributed by atoms with van der Waals surface area (Å²) in [6.07, 6.45) is 5.15. The summed E-state index contributed by atoms with van der Waals surface area (Å²) < 4.78 is 27.3. The van der Waals surface area contributed by atoms with Gasteiger partial charge in [-0.1, -0.05) is 11.6 Å². The normalized spacial score (nSPS) is 13.5. The van der Waals surface area contributed by atoms with Gasteiger partial charge in [0, 0.05) is 17.5 Å². The molecule has 0 fully saturated rings. The molecule has 0 N–H and O–H groups in total. The second-order valence-corrected chi connectivity index (χ2v) is 7.68. The quantitative estimate of drug-likeness (QED) is 0.244. The van der Waals surface area contributed by atoms with Crippen LogP contribution < -0.4 is 9.47 Å². The third kappa shape index (κ3) is 4.90. The molecule has 0 unspecified atom stereocenters. The molecule has 0 aliphatic carbocycles. The predicted molar refractivity (Wildman–Crippen MR) is 105 cm³/mol. The first-order valence-electron chi connectivity index (χ1n) is 8.47. The van der Waals surface area contributed by atoms with Gasteiger partial charge >= 0.3 is 5.97 Å². The standard InChI is InChI=1S/C19H23O6PS/c1-11(6-8-15(20)26-22)5-7-13-17(23-3)12(2)14-9-24-19(21)16(14)18(13)25-10-27-4/h5H,6-10H2,1-4H3/b11-5+. The summed E-state index contributed by atoms with van der Waals surface area (Å²) in [6, 6.07) is 0. The second-order valence-electron chi connectivity index (χ2n) is 6.19. The van der Waals surface area contributed by atoms with Crippen LogP contribution in [-0.2, 0) is 27.1 Å². The molecule has 6 nitrogen and oxygen atoms in total. The van der Waals surface area contributed by atoms with Crippen LogP contribution in [0, 0.1) is 6.92 Å². The minimum Gasteiger partial charge on any atom is -0.496 e. The Morgan fingerprint density at radius 3 is 2.70 bits per heavy atom. The number of fused-ring (bicyclic) bond motifs is 1. The fourth-order valence-corrected chi connectivity index (χ4v) is 3.45. The van der Waals surface area contributed by atoms with Gasteiger partial charge < -0.3 is 14.2 Å². The maximum atomic E-state index is 12.3. The number of ether oxygens (including phenoxy) is 3. The van der Waals surface area contributed by atoms with Crippen molar-refractivity contribution in [2.75, 3.05) is 19.3 Å². The lowest BCUT2D eigenvalue weighted by molar-refractivity contribution is -0.111. The van der Waals surface area contributed by atoms with Crippen molar-refractivity contribution >= 4 is 31.7 Å². The molecule has 2 rings (SSSR count). The van der Waals surface area contributed by atoms with Crippen LogP contribution in [-0.4, -0.2) is 30.8 Å². The molecule has 27 heavy (non-hydrogen) atoms. The lowest BCUT2D eigenvalue weighted by Gasteiger charge is -2.19. The molecule has 1 heterocycles. The van der Waals surface area contributed by atoms with Gasteiger partial charge in [-0.05, 0) is 38.5 Å². The van der Waals surface area contributed by atoms with E-state index in [1.54, 1.807) is 7.11 Å². The molecule has 1 aromatic rings. The van der Waals surface area contributed by atoms with Crippen LogP contribution in [0.5, 0.6) is 11.5 Å². The van der Waals surface area contributed by atoms with Crippen molar-refractivity contribution in [2.45, 2.75) is 39.7 Å². The zero-order valence-corrected chi connectivity index (χ0v) is 17.6. The number of benzene rings is 1. The van der Waals surface area contributed by atoms with E-state index in [0.717, 1.165) is 22.3 Å². The number of allylic oxidation sites excluding steroid dienone is 2. The number of esters is 1. The fourth-order valence-electron chi connectivity index (χ4n) is 3.02. The van der Waals surface area contributed by atoms with E-state index in [9.17, 15) is 14.2 Å². The Morgan fingerprint density at radius 2 is 2.07 bits per heavy atom. The van der Waals surface area contributed by atoms with Gasteiger partial charge in [-0.2, -0.15) is 0 Å². The maximum Gasteiger partial charge on any atom is 0.342 e. The number of thioether (sulfide) groups is 1. The Morgan fingerprint density at radius 1 is 1.33 bits per heavy atom. The lowest BCUT2D eigenvalue weighted by Crippen LogP contribution is -2.08. The average molecular weight is 410 g/mol. The topological polar surface area (TPSA) is 78.9 Å². The summed E-state index contributed by atoms with van der Waals surface area (Å²) in [7, 11) is 1.14. The van der Waals surface area contributed by atoms with Crippen LogP contribution in [0.4, 0.5) is 0 Å². The second kappa shape index (κ2) is 9.90. The van der Waals surface area contributed by atoms with Gasteiger partial charge in [-0.15, -0.1) is 11.8 Å². The largest absolute Gasteiger partial charge is 0.496 e. The minimum atomic E-state index is -0.452. The summed E-state index contributed by atoms with van der Waals surface area (Å²) in [5, 5.41) is 0. The van der Waals surface area contributed by atoms with Crippen molar-refractivity contribution in [3.05, 3.63) is 33.9 Å². The Labute approximate surface area is 164 Å². The molecule has 0 amide bonds. The zero-order valence-electron chi connectivity index (χ0n) is 15.9. The number of hydrogen-bond acceptors (Lipinski definition) is 7. The molecule has 1 aliphatic heterocycles. The van der Waals surface area contributed by atoms with Gasteiger partial charge in [0.15, 0.2) is 0 Å². The summed E-state index contributed by atoms with van der Waals surface area (Å²) >= 11 is 1.51. The Hall–Kier alpha value is -1.85. The van der Waals surface area contributed by atoms with Crippen LogP contribution in [0.1, 0.15) is 46.8 Å². The van der Waals surface area contributed by atoms with E-state index in [-0.39, 0.29) is 24.5 Å². The van der Waals surface area contributed by atoms with Crippen molar-refractivity contribution in [3.63, 3.8) is 0 Å². The number of cyclic esters (lactones) is 1. The first-order valence-corrected chi connectivity index (χ1v) is 10.7.